The zero-order valence-corrected chi connectivity index (χ0v) is 17.7. The normalized spacial score (nSPS) is 10.3. The number of benzene rings is 2. The molecule has 0 saturated heterocycles. The predicted molar refractivity (Wildman–Crippen MR) is 108 cm³/mol. The van der Waals surface area contributed by atoms with Crippen molar-refractivity contribution in [3.05, 3.63) is 65.8 Å². The third-order valence-corrected chi connectivity index (χ3v) is 3.32. The van der Waals surface area contributed by atoms with Gasteiger partial charge in [-0.15, -0.1) is 0 Å². The van der Waals surface area contributed by atoms with Gasteiger partial charge < -0.3 is 9.26 Å². The summed E-state index contributed by atoms with van der Waals surface area (Å²) in [6.45, 7) is 7.98. The minimum atomic E-state index is -4.72. The van der Waals surface area contributed by atoms with Crippen LogP contribution in [0.25, 0.3) is 11.4 Å². The molecule has 5 nitrogen and oxygen atoms in total. The molecule has 31 heavy (non-hydrogen) atoms. The van der Waals surface area contributed by atoms with Crippen molar-refractivity contribution in [3.8, 4) is 17.1 Å². The van der Waals surface area contributed by atoms with Crippen LogP contribution in [0.4, 0.5) is 17.6 Å². The number of aromatic nitrogens is 2. The largest absolute Gasteiger partial charge is 0.485 e. The number of hydrogen-bond donors (Lipinski definition) is 0. The lowest BCUT2D eigenvalue weighted by molar-refractivity contribution is -0.159. The Morgan fingerprint density at radius 2 is 1.55 bits per heavy atom. The van der Waals surface area contributed by atoms with Crippen LogP contribution in [0.1, 0.15) is 50.4 Å². The molecule has 3 rings (SSSR count). The summed E-state index contributed by atoms with van der Waals surface area (Å²) < 4.78 is 59.6. The fraction of sp³-hybridized carbons (Fsp3) is 0.318. The number of halogens is 4. The average Bonchev–Trinajstić information content (AvgIpc) is 3.26. The van der Waals surface area contributed by atoms with Crippen molar-refractivity contribution >= 4 is 5.78 Å². The Hall–Kier alpha value is -3.23. The van der Waals surface area contributed by atoms with E-state index in [0.29, 0.717) is 5.75 Å². The summed E-state index contributed by atoms with van der Waals surface area (Å²) in [5.41, 5.74) is 0.552. The van der Waals surface area contributed by atoms with E-state index in [1.807, 2.05) is 13.8 Å². The van der Waals surface area contributed by atoms with Gasteiger partial charge in [-0.1, -0.05) is 63.5 Å². The van der Waals surface area contributed by atoms with Crippen molar-refractivity contribution in [3.63, 3.8) is 0 Å². The van der Waals surface area contributed by atoms with Crippen LogP contribution in [0.15, 0.2) is 53.1 Å². The van der Waals surface area contributed by atoms with Crippen molar-refractivity contribution in [2.75, 3.05) is 6.61 Å². The second-order valence-electron chi connectivity index (χ2n) is 5.87. The molecule has 0 aliphatic rings. The highest BCUT2D eigenvalue weighted by Gasteiger charge is 2.38. The molecule has 0 bridgehead atoms. The molecule has 0 unspecified atom stereocenters. The third kappa shape index (κ3) is 8.19. The van der Waals surface area contributed by atoms with Crippen LogP contribution in [0, 0.1) is 5.82 Å². The molecular weight excluding hydrogens is 416 g/mol. The molecule has 168 valence electrons. The third-order valence-electron chi connectivity index (χ3n) is 3.32. The van der Waals surface area contributed by atoms with Crippen molar-refractivity contribution in [1.29, 1.82) is 0 Å². The molecule has 9 heteroatoms. The lowest BCUT2D eigenvalue weighted by Gasteiger charge is -2.05. The lowest BCUT2D eigenvalue weighted by Crippen LogP contribution is -2.11. The Balaban J connectivity index is 0.000000884. The number of ketones is 1. The molecule has 0 aliphatic carbocycles. The summed E-state index contributed by atoms with van der Waals surface area (Å²) in [7, 11) is 0. The minimum absolute atomic E-state index is 0.237. The molecule has 0 spiro atoms. The van der Waals surface area contributed by atoms with Gasteiger partial charge in [0.15, 0.2) is 12.4 Å². The van der Waals surface area contributed by atoms with E-state index in [1.54, 1.807) is 0 Å². The molecule has 3 aromatic rings. The summed E-state index contributed by atoms with van der Waals surface area (Å²) in [6, 6.07) is 10.8. The zero-order chi connectivity index (χ0) is 23.4. The van der Waals surface area contributed by atoms with Crippen LogP contribution in [0.2, 0.25) is 0 Å². The summed E-state index contributed by atoms with van der Waals surface area (Å²) in [6.07, 6.45) is -3.47. The van der Waals surface area contributed by atoms with Gasteiger partial charge >= 0.3 is 12.1 Å². The van der Waals surface area contributed by atoms with Gasteiger partial charge in [-0.05, 0) is 24.3 Å². The first kappa shape index (κ1) is 25.8. The number of ether oxygens (including phenoxy) is 1. The van der Waals surface area contributed by atoms with E-state index in [-0.39, 0.29) is 29.3 Å². The van der Waals surface area contributed by atoms with Gasteiger partial charge in [0.2, 0.25) is 5.82 Å². The number of hydrogen-bond acceptors (Lipinski definition) is 5. The van der Waals surface area contributed by atoms with E-state index in [2.05, 4.69) is 28.5 Å². The molecule has 0 amide bonds. The first-order chi connectivity index (χ1) is 14.7. The number of nitrogens with zero attached hydrogens (tertiary/aromatic N) is 2. The van der Waals surface area contributed by atoms with Crippen LogP contribution in [-0.2, 0) is 6.18 Å². The Labute approximate surface area is 178 Å². The Kier molecular flexibility index (Phi) is 10.4. The smallest absolute Gasteiger partial charge is 0.471 e. The SMILES string of the molecule is CC.CCC.O=C(COc1ccc(F)cc1)c1ccc(-c2noc(C(F)(F)F)n2)cc1. The molecule has 0 N–H and O–H groups in total. The summed E-state index contributed by atoms with van der Waals surface area (Å²) >= 11 is 0. The molecule has 0 radical (unpaired) electrons. The van der Waals surface area contributed by atoms with Crippen LogP contribution in [0.5, 0.6) is 5.75 Å². The minimum Gasteiger partial charge on any atom is -0.485 e. The maximum absolute atomic E-state index is 12.8. The molecule has 0 fully saturated rings. The van der Waals surface area contributed by atoms with E-state index >= 15 is 0 Å². The van der Waals surface area contributed by atoms with Gasteiger partial charge in [0, 0.05) is 11.1 Å². The first-order valence-electron chi connectivity index (χ1n) is 9.67. The molecule has 1 aromatic heterocycles. The maximum Gasteiger partial charge on any atom is 0.471 e. The van der Waals surface area contributed by atoms with Crippen molar-refractivity contribution < 1.29 is 31.6 Å². The molecule has 0 atom stereocenters. The van der Waals surface area contributed by atoms with Crippen LogP contribution >= 0.6 is 0 Å². The van der Waals surface area contributed by atoms with Gasteiger partial charge in [-0.2, -0.15) is 18.2 Å². The second kappa shape index (κ2) is 12.5. The highest BCUT2D eigenvalue weighted by atomic mass is 19.4. The van der Waals surface area contributed by atoms with E-state index in [9.17, 15) is 22.4 Å². The fourth-order valence-electron chi connectivity index (χ4n) is 2.02. The standard InChI is InChI=1S/C17H10F4N2O3.C3H8.C2H6/c18-12-5-7-13(8-6-12)25-9-14(24)10-1-3-11(4-2-10)15-22-16(26-23-15)17(19,20)21;1-3-2;1-2/h1-8H,9H2;3H2,1-2H3;1-2H3. The predicted octanol–water partition coefficient (Wildman–Crippen LogP) is 6.60. The van der Waals surface area contributed by atoms with Crippen LogP contribution < -0.4 is 4.74 Å². The average molecular weight is 440 g/mol. The second-order valence-corrected chi connectivity index (χ2v) is 5.87. The number of Topliss-reactive ketones (excluding diaryl/α,β-unsaturated/α-hetero) is 1. The van der Waals surface area contributed by atoms with Crippen molar-refractivity contribution in [2.45, 2.75) is 40.3 Å². The Morgan fingerprint density at radius 3 is 2.03 bits per heavy atom. The topological polar surface area (TPSA) is 65.2 Å². The van der Waals surface area contributed by atoms with Crippen molar-refractivity contribution in [2.24, 2.45) is 0 Å². The highest BCUT2D eigenvalue weighted by Crippen LogP contribution is 2.29. The molecule has 0 aliphatic heterocycles. The van der Waals surface area contributed by atoms with Gasteiger partial charge in [0.05, 0.1) is 0 Å². The summed E-state index contributed by atoms with van der Waals surface area (Å²) in [5, 5.41) is 3.26. The number of rotatable bonds is 5. The molecular formula is C22H24F4N2O3. The molecule has 1 heterocycles. The fourth-order valence-corrected chi connectivity index (χ4v) is 2.02. The van der Waals surface area contributed by atoms with E-state index in [1.165, 1.54) is 55.0 Å². The van der Waals surface area contributed by atoms with Crippen LogP contribution in [0.3, 0.4) is 0 Å². The van der Waals surface area contributed by atoms with E-state index < -0.39 is 17.9 Å². The van der Waals surface area contributed by atoms with Crippen molar-refractivity contribution in [1.82, 2.24) is 10.1 Å². The van der Waals surface area contributed by atoms with Crippen LogP contribution in [-0.4, -0.2) is 22.5 Å². The zero-order valence-electron chi connectivity index (χ0n) is 17.7. The molecule has 2 aromatic carbocycles. The van der Waals surface area contributed by atoms with Gasteiger partial charge in [0.25, 0.3) is 0 Å². The quantitative estimate of drug-likeness (QED) is 0.330. The number of carbonyl (C=O) groups excluding carboxylic acids is 1. The van der Waals surface area contributed by atoms with Gasteiger partial charge in [-0.25, -0.2) is 4.39 Å². The number of alkyl halides is 3. The summed E-state index contributed by atoms with van der Waals surface area (Å²) in [4.78, 5) is 15.3. The first-order valence-corrected chi connectivity index (χ1v) is 9.67. The Morgan fingerprint density at radius 1 is 1.00 bits per heavy atom. The maximum atomic E-state index is 12.8. The van der Waals surface area contributed by atoms with E-state index in [4.69, 9.17) is 4.74 Å². The number of carbonyl (C=O) groups is 1. The molecule has 0 saturated carbocycles. The highest BCUT2D eigenvalue weighted by molar-refractivity contribution is 5.97. The lowest BCUT2D eigenvalue weighted by atomic mass is 10.1. The van der Waals surface area contributed by atoms with Gasteiger partial charge in [0.1, 0.15) is 11.6 Å². The van der Waals surface area contributed by atoms with E-state index in [0.717, 1.165) is 0 Å². The Bertz CT molecular complexity index is 921. The summed E-state index contributed by atoms with van der Waals surface area (Å²) in [5.74, 6) is -2.12. The van der Waals surface area contributed by atoms with Gasteiger partial charge in [-0.3, -0.25) is 4.79 Å². The monoisotopic (exact) mass is 440 g/mol.